The van der Waals surface area contributed by atoms with E-state index in [4.69, 9.17) is 14.4 Å². The smallest absolute Gasteiger partial charge is 0.292 e. The average Bonchev–Trinajstić information content (AvgIpc) is 3.10. The molecule has 7 heteroatoms. The summed E-state index contributed by atoms with van der Waals surface area (Å²) in [5, 5.41) is 12.8. The van der Waals surface area contributed by atoms with E-state index in [0.717, 1.165) is 18.7 Å². The highest BCUT2D eigenvalue weighted by Crippen LogP contribution is 2.16. The molecule has 1 aromatic heterocycles. The van der Waals surface area contributed by atoms with Crippen molar-refractivity contribution in [3.05, 3.63) is 47.7 Å². The van der Waals surface area contributed by atoms with E-state index >= 15 is 0 Å². The zero-order valence-electron chi connectivity index (χ0n) is 13.4. The van der Waals surface area contributed by atoms with Gasteiger partial charge in [-0.25, -0.2) is 0 Å². The molecule has 0 atom stereocenters. The van der Waals surface area contributed by atoms with Gasteiger partial charge in [0.15, 0.2) is 0 Å². The quantitative estimate of drug-likeness (QED) is 0.851. The summed E-state index contributed by atoms with van der Waals surface area (Å²) in [6, 6.07) is 11.3. The molecule has 1 aromatic carbocycles. The molecule has 1 aliphatic heterocycles. The molecule has 2 heterocycles. The molecule has 0 spiro atoms. The van der Waals surface area contributed by atoms with Crippen LogP contribution in [0.2, 0.25) is 0 Å². The summed E-state index contributed by atoms with van der Waals surface area (Å²) >= 11 is 0. The fraction of sp³-hybridized carbons (Fsp3) is 0.412. The minimum absolute atomic E-state index is 0.137. The number of aliphatic hydroxyl groups excluding tert-OH is 1. The van der Waals surface area contributed by atoms with Crippen LogP contribution in [0.3, 0.4) is 0 Å². The Bertz CT molecular complexity index is 651. The summed E-state index contributed by atoms with van der Waals surface area (Å²) in [5.74, 6) is 0.315. The number of rotatable bonds is 6. The third-order valence-electron chi connectivity index (χ3n) is 4.00. The standard InChI is InChI=1S/C17H21N3O4/c21-11-10-19-6-8-20(9-7-19)17(22)15-12-16(18-24-15)23-13-14-4-2-1-3-5-14/h1-5,12,21H,6-11,13H2. The van der Waals surface area contributed by atoms with E-state index < -0.39 is 0 Å². The first-order chi connectivity index (χ1) is 11.8. The Morgan fingerprint density at radius 1 is 1.21 bits per heavy atom. The number of ether oxygens (including phenoxy) is 1. The van der Waals surface area contributed by atoms with Gasteiger partial charge in [-0.3, -0.25) is 9.69 Å². The number of nitrogens with zero attached hydrogens (tertiary/aromatic N) is 3. The van der Waals surface area contributed by atoms with Crippen LogP contribution in [-0.2, 0) is 6.61 Å². The number of carbonyl (C=O) groups is 1. The van der Waals surface area contributed by atoms with Gasteiger partial charge >= 0.3 is 0 Å². The summed E-state index contributed by atoms with van der Waals surface area (Å²) in [7, 11) is 0. The van der Waals surface area contributed by atoms with E-state index in [2.05, 4.69) is 10.1 Å². The summed E-state index contributed by atoms with van der Waals surface area (Å²) in [5.41, 5.74) is 1.02. The Balaban J connectivity index is 1.52. The molecule has 128 valence electrons. The molecular weight excluding hydrogens is 310 g/mol. The lowest BCUT2D eigenvalue weighted by molar-refractivity contribution is 0.0576. The Labute approximate surface area is 140 Å². The molecule has 1 N–H and O–H groups in total. The van der Waals surface area contributed by atoms with Crippen molar-refractivity contribution in [3.8, 4) is 5.88 Å². The first-order valence-electron chi connectivity index (χ1n) is 8.02. The molecular formula is C17H21N3O4. The van der Waals surface area contributed by atoms with E-state index in [0.29, 0.717) is 32.1 Å². The largest absolute Gasteiger partial charge is 0.471 e. The summed E-state index contributed by atoms with van der Waals surface area (Å²) in [6.07, 6.45) is 0. The van der Waals surface area contributed by atoms with Crippen LogP contribution < -0.4 is 4.74 Å². The number of amides is 1. The summed E-state index contributed by atoms with van der Waals surface area (Å²) < 4.78 is 10.7. The number of β-amino-alcohol motifs (C(OH)–C–C–N with tert-alkyl or cyclic N) is 1. The van der Waals surface area contributed by atoms with Crippen LogP contribution in [0.5, 0.6) is 5.88 Å². The highest BCUT2D eigenvalue weighted by Gasteiger charge is 2.25. The van der Waals surface area contributed by atoms with Crippen molar-refractivity contribution in [1.82, 2.24) is 15.0 Å². The van der Waals surface area contributed by atoms with E-state index in [9.17, 15) is 4.79 Å². The monoisotopic (exact) mass is 331 g/mol. The van der Waals surface area contributed by atoms with E-state index in [1.54, 1.807) is 4.90 Å². The van der Waals surface area contributed by atoms with Crippen LogP contribution in [-0.4, -0.2) is 65.3 Å². The minimum Gasteiger partial charge on any atom is -0.471 e. The molecule has 0 bridgehead atoms. The molecule has 24 heavy (non-hydrogen) atoms. The number of aromatic nitrogens is 1. The molecule has 3 rings (SSSR count). The van der Waals surface area contributed by atoms with Crippen LogP contribution in [0, 0.1) is 0 Å². The van der Waals surface area contributed by atoms with Gasteiger partial charge in [-0.15, -0.1) is 0 Å². The Hall–Kier alpha value is -2.38. The van der Waals surface area contributed by atoms with Crippen molar-refractivity contribution in [1.29, 1.82) is 0 Å². The van der Waals surface area contributed by atoms with Crippen molar-refractivity contribution >= 4 is 5.91 Å². The molecule has 2 aromatic rings. The highest BCUT2D eigenvalue weighted by molar-refractivity contribution is 5.91. The van der Waals surface area contributed by atoms with Crippen LogP contribution >= 0.6 is 0 Å². The predicted octanol–water partition coefficient (Wildman–Crippen LogP) is 1.00. The molecule has 0 aliphatic carbocycles. The van der Waals surface area contributed by atoms with E-state index in [-0.39, 0.29) is 18.3 Å². The number of piperazine rings is 1. The SMILES string of the molecule is O=C(c1cc(OCc2ccccc2)no1)N1CCN(CCO)CC1. The minimum atomic E-state index is -0.180. The molecule has 1 amide bonds. The third kappa shape index (κ3) is 4.12. The lowest BCUT2D eigenvalue weighted by atomic mass is 10.2. The van der Waals surface area contributed by atoms with Gasteiger partial charge in [0.25, 0.3) is 11.8 Å². The van der Waals surface area contributed by atoms with Crippen LogP contribution in [0.15, 0.2) is 40.9 Å². The maximum atomic E-state index is 12.4. The van der Waals surface area contributed by atoms with Crippen LogP contribution in [0.4, 0.5) is 0 Å². The topological polar surface area (TPSA) is 79.0 Å². The van der Waals surface area contributed by atoms with Gasteiger partial charge in [-0.05, 0) is 10.7 Å². The normalized spacial score (nSPS) is 15.5. The zero-order chi connectivity index (χ0) is 16.8. The lowest BCUT2D eigenvalue weighted by Gasteiger charge is -2.33. The molecule has 1 aliphatic rings. The molecule has 1 saturated heterocycles. The van der Waals surface area contributed by atoms with Crippen molar-refractivity contribution in [2.75, 3.05) is 39.3 Å². The Kier molecular flexibility index (Phi) is 5.45. The molecule has 0 radical (unpaired) electrons. The zero-order valence-corrected chi connectivity index (χ0v) is 13.4. The molecule has 1 fully saturated rings. The van der Waals surface area contributed by atoms with Crippen LogP contribution in [0.25, 0.3) is 0 Å². The van der Waals surface area contributed by atoms with Crippen molar-refractivity contribution in [2.45, 2.75) is 6.61 Å². The number of carbonyl (C=O) groups excluding carboxylic acids is 1. The van der Waals surface area contributed by atoms with Gasteiger partial charge in [-0.2, -0.15) is 0 Å². The number of hydrogen-bond acceptors (Lipinski definition) is 6. The lowest BCUT2D eigenvalue weighted by Crippen LogP contribution is -2.49. The number of aliphatic hydroxyl groups is 1. The molecule has 0 saturated carbocycles. The second kappa shape index (κ2) is 7.94. The average molecular weight is 331 g/mol. The highest BCUT2D eigenvalue weighted by atomic mass is 16.5. The maximum Gasteiger partial charge on any atom is 0.292 e. The fourth-order valence-electron chi connectivity index (χ4n) is 2.63. The Morgan fingerprint density at radius 2 is 1.96 bits per heavy atom. The van der Waals surface area contributed by atoms with Crippen molar-refractivity contribution in [3.63, 3.8) is 0 Å². The second-order valence-electron chi connectivity index (χ2n) is 5.66. The molecule has 7 nitrogen and oxygen atoms in total. The van der Waals surface area contributed by atoms with Crippen LogP contribution in [0.1, 0.15) is 16.1 Å². The Morgan fingerprint density at radius 3 is 2.67 bits per heavy atom. The fourth-order valence-corrected chi connectivity index (χ4v) is 2.63. The molecule has 0 unspecified atom stereocenters. The van der Waals surface area contributed by atoms with Gasteiger partial charge in [0, 0.05) is 32.7 Å². The summed E-state index contributed by atoms with van der Waals surface area (Å²) in [4.78, 5) is 16.3. The maximum absolute atomic E-state index is 12.4. The number of benzene rings is 1. The first-order valence-corrected chi connectivity index (χ1v) is 8.02. The van der Waals surface area contributed by atoms with Gasteiger partial charge in [0.05, 0.1) is 12.7 Å². The van der Waals surface area contributed by atoms with E-state index in [1.165, 1.54) is 6.07 Å². The van der Waals surface area contributed by atoms with Gasteiger partial charge in [0.1, 0.15) is 6.61 Å². The van der Waals surface area contributed by atoms with Gasteiger partial charge in [0.2, 0.25) is 5.76 Å². The van der Waals surface area contributed by atoms with Gasteiger partial charge in [-0.1, -0.05) is 30.3 Å². The predicted molar refractivity (Wildman–Crippen MR) is 86.7 cm³/mol. The van der Waals surface area contributed by atoms with Crippen molar-refractivity contribution in [2.24, 2.45) is 0 Å². The number of hydrogen-bond donors (Lipinski definition) is 1. The summed E-state index contributed by atoms with van der Waals surface area (Å²) in [6.45, 7) is 3.87. The third-order valence-corrected chi connectivity index (χ3v) is 4.00. The second-order valence-corrected chi connectivity index (χ2v) is 5.66. The van der Waals surface area contributed by atoms with E-state index in [1.807, 2.05) is 30.3 Å². The van der Waals surface area contributed by atoms with Crippen molar-refractivity contribution < 1.29 is 19.2 Å². The van der Waals surface area contributed by atoms with Gasteiger partial charge < -0.3 is 19.3 Å². The first kappa shape index (κ1) is 16.5.